The number of aromatic nitrogens is 1. The van der Waals surface area contributed by atoms with Gasteiger partial charge in [0.15, 0.2) is 0 Å². The molecule has 0 spiro atoms. The molecule has 1 aromatic carbocycles. The predicted molar refractivity (Wildman–Crippen MR) is 75.9 cm³/mol. The number of amides is 1. The Morgan fingerprint density at radius 1 is 1.40 bits per heavy atom. The maximum Gasteiger partial charge on any atom is 0.326 e. The number of aliphatic carboxylic acids is 1. The van der Waals surface area contributed by atoms with Gasteiger partial charge in [0.25, 0.3) is 5.91 Å². The van der Waals surface area contributed by atoms with E-state index >= 15 is 0 Å². The van der Waals surface area contributed by atoms with Gasteiger partial charge in [-0.15, -0.1) is 0 Å². The van der Waals surface area contributed by atoms with Gasteiger partial charge in [0.2, 0.25) is 0 Å². The number of halogens is 1. The first kappa shape index (κ1) is 14.3. The molecule has 1 amide bonds. The number of hydrogen-bond donors (Lipinski definition) is 2. The van der Waals surface area contributed by atoms with Crippen molar-refractivity contribution in [2.45, 2.75) is 19.4 Å². The first-order valence-electron chi connectivity index (χ1n) is 6.12. The van der Waals surface area contributed by atoms with Crippen LogP contribution in [0.3, 0.4) is 0 Å². The normalized spacial score (nSPS) is 12.1. The summed E-state index contributed by atoms with van der Waals surface area (Å²) in [5.74, 6) is -1.63. The van der Waals surface area contributed by atoms with Crippen LogP contribution in [0.4, 0.5) is 0 Å². The molecule has 0 radical (unpaired) electrons. The van der Waals surface area contributed by atoms with Gasteiger partial charge in [-0.05, 0) is 18.6 Å². The smallest absolute Gasteiger partial charge is 0.326 e. The zero-order chi connectivity index (χ0) is 14.7. The van der Waals surface area contributed by atoms with E-state index in [0.717, 1.165) is 5.39 Å². The third kappa shape index (κ3) is 2.88. The number of nitrogens with zero attached hydrogens (tertiary/aromatic N) is 1. The first-order chi connectivity index (χ1) is 9.52. The lowest BCUT2D eigenvalue weighted by molar-refractivity contribution is -0.139. The maximum atomic E-state index is 12.0. The van der Waals surface area contributed by atoms with E-state index in [1.807, 2.05) is 6.07 Å². The Morgan fingerprint density at radius 2 is 2.10 bits per heavy atom. The summed E-state index contributed by atoms with van der Waals surface area (Å²) < 4.78 is 0. The van der Waals surface area contributed by atoms with Crippen molar-refractivity contribution >= 4 is 34.4 Å². The van der Waals surface area contributed by atoms with Gasteiger partial charge < -0.3 is 10.4 Å². The Labute approximate surface area is 120 Å². The molecule has 0 saturated carbocycles. The highest BCUT2D eigenvalue weighted by atomic mass is 35.5. The lowest BCUT2D eigenvalue weighted by atomic mass is 10.2. The van der Waals surface area contributed by atoms with Gasteiger partial charge in [0.05, 0.1) is 10.5 Å². The van der Waals surface area contributed by atoms with Crippen molar-refractivity contribution in [3.8, 4) is 0 Å². The van der Waals surface area contributed by atoms with Gasteiger partial charge >= 0.3 is 5.97 Å². The second-order valence-electron chi connectivity index (χ2n) is 4.28. The molecule has 0 unspecified atom stereocenters. The number of fused-ring (bicyclic) bond motifs is 1. The summed E-state index contributed by atoms with van der Waals surface area (Å²) in [4.78, 5) is 27.1. The number of carboxylic acid groups (broad SMARTS) is 1. The highest BCUT2D eigenvalue weighted by molar-refractivity contribution is 6.35. The molecule has 0 bridgehead atoms. The number of pyridine rings is 1. The molecule has 2 rings (SSSR count). The van der Waals surface area contributed by atoms with Crippen molar-refractivity contribution in [3.63, 3.8) is 0 Å². The SMILES string of the molecule is CC[C@@H](NC(=O)c1cc(Cl)c2ccccc2n1)C(=O)O. The van der Waals surface area contributed by atoms with E-state index in [0.29, 0.717) is 17.0 Å². The average molecular weight is 293 g/mol. The number of benzene rings is 1. The van der Waals surface area contributed by atoms with E-state index in [4.69, 9.17) is 16.7 Å². The van der Waals surface area contributed by atoms with Crippen LogP contribution in [0.15, 0.2) is 30.3 Å². The fourth-order valence-corrected chi connectivity index (χ4v) is 2.08. The van der Waals surface area contributed by atoms with Crippen molar-refractivity contribution in [3.05, 3.63) is 41.0 Å². The van der Waals surface area contributed by atoms with E-state index in [-0.39, 0.29) is 5.69 Å². The molecule has 2 N–H and O–H groups in total. The molecule has 2 aromatic rings. The number of rotatable bonds is 4. The predicted octanol–water partition coefficient (Wildman–Crippen LogP) is 2.48. The number of para-hydroxylation sites is 1. The van der Waals surface area contributed by atoms with E-state index in [9.17, 15) is 9.59 Å². The maximum absolute atomic E-state index is 12.0. The topological polar surface area (TPSA) is 79.3 Å². The van der Waals surface area contributed by atoms with Crippen LogP contribution in [-0.2, 0) is 4.79 Å². The summed E-state index contributed by atoms with van der Waals surface area (Å²) in [5.41, 5.74) is 0.696. The quantitative estimate of drug-likeness (QED) is 0.907. The van der Waals surface area contributed by atoms with Crippen molar-refractivity contribution in [2.75, 3.05) is 0 Å². The average Bonchev–Trinajstić information content (AvgIpc) is 2.44. The molecular formula is C14H13ClN2O3. The van der Waals surface area contributed by atoms with E-state index < -0.39 is 17.9 Å². The number of carboxylic acids is 1. The van der Waals surface area contributed by atoms with Crippen LogP contribution in [-0.4, -0.2) is 28.0 Å². The second-order valence-corrected chi connectivity index (χ2v) is 4.69. The van der Waals surface area contributed by atoms with Crippen molar-refractivity contribution in [1.82, 2.24) is 10.3 Å². The minimum atomic E-state index is -1.08. The third-order valence-corrected chi connectivity index (χ3v) is 3.22. The molecule has 1 aromatic heterocycles. The molecule has 5 nitrogen and oxygen atoms in total. The molecule has 104 valence electrons. The zero-order valence-corrected chi connectivity index (χ0v) is 11.5. The van der Waals surface area contributed by atoms with E-state index in [1.165, 1.54) is 6.07 Å². The van der Waals surface area contributed by atoms with Crippen molar-refractivity contribution < 1.29 is 14.7 Å². The zero-order valence-electron chi connectivity index (χ0n) is 10.8. The van der Waals surface area contributed by atoms with Crippen LogP contribution in [0, 0.1) is 0 Å². The van der Waals surface area contributed by atoms with Gasteiger partial charge in [0, 0.05) is 5.39 Å². The largest absolute Gasteiger partial charge is 0.480 e. The van der Waals surface area contributed by atoms with E-state index in [1.54, 1.807) is 25.1 Å². The van der Waals surface area contributed by atoms with Gasteiger partial charge in [-0.2, -0.15) is 0 Å². The van der Waals surface area contributed by atoms with Gasteiger partial charge in [-0.25, -0.2) is 9.78 Å². The summed E-state index contributed by atoms with van der Waals surface area (Å²) >= 11 is 6.10. The Bertz CT molecular complexity index is 673. The minimum Gasteiger partial charge on any atom is -0.480 e. The monoisotopic (exact) mass is 292 g/mol. The number of hydrogen-bond acceptors (Lipinski definition) is 3. The molecule has 1 heterocycles. The first-order valence-corrected chi connectivity index (χ1v) is 6.49. The van der Waals surface area contributed by atoms with Gasteiger partial charge in [0.1, 0.15) is 11.7 Å². The summed E-state index contributed by atoms with van der Waals surface area (Å²) in [6.45, 7) is 1.68. The summed E-state index contributed by atoms with van der Waals surface area (Å²) in [7, 11) is 0. The fraction of sp³-hybridized carbons (Fsp3) is 0.214. The highest BCUT2D eigenvalue weighted by Gasteiger charge is 2.20. The summed E-state index contributed by atoms with van der Waals surface area (Å²) in [6, 6.07) is 7.67. The highest BCUT2D eigenvalue weighted by Crippen LogP contribution is 2.22. The second kappa shape index (κ2) is 5.88. The molecular weight excluding hydrogens is 280 g/mol. The number of carbonyl (C=O) groups excluding carboxylic acids is 1. The third-order valence-electron chi connectivity index (χ3n) is 2.91. The standard InChI is InChI=1S/C14H13ClN2O3/c1-2-10(14(19)20)17-13(18)12-7-9(15)8-5-3-4-6-11(8)16-12/h3-7,10H,2H2,1H3,(H,17,18)(H,19,20)/t10-/m1/s1. The van der Waals surface area contributed by atoms with Gasteiger partial charge in [-0.1, -0.05) is 36.7 Å². The number of carbonyl (C=O) groups is 2. The Morgan fingerprint density at radius 3 is 2.75 bits per heavy atom. The van der Waals surface area contributed by atoms with Crippen LogP contribution in [0.5, 0.6) is 0 Å². The van der Waals surface area contributed by atoms with Crippen LogP contribution in [0.2, 0.25) is 5.02 Å². The molecule has 0 aliphatic heterocycles. The van der Waals surface area contributed by atoms with Gasteiger partial charge in [-0.3, -0.25) is 4.79 Å². The summed E-state index contributed by atoms with van der Waals surface area (Å²) in [5, 5.41) is 12.5. The minimum absolute atomic E-state index is 0.105. The molecule has 1 atom stereocenters. The van der Waals surface area contributed by atoms with E-state index in [2.05, 4.69) is 10.3 Å². The Balaban J connectivity index is 2.33. The molecule has 20 heavy (non-hydrogen) atoms. The van der Waals surface area contributed by atoms with Crippen molar-refractivity contribution in [1.29, 1.82) is 0 Å². The van der Waals surface area contributed by atoms with Crippen LogP contribution in [0.25, 0.3) is 10.9 Å². The Kier molecular flexibility index (Phi) is 4.20. The van der Waals surface area contributed by atoms with Crippen LogP contribution < -0.4 is 5.32 Å². The van der Waals surface area contributed by atoms with Crippen LogP contribution >= 0.6 is 11.6 Å². The fourth-order valence-electron chi connectivity index (χ4n) is 1.82. The lowest BCUT2D eigenvalue weighted by Crippen LogP contribution is -2.40. The summed E-state index contributed by atoms with van der Waals surface area (Å²) in [6.07, 6.45) is 0.294. The Hall–Kier alpha value is -2.14. The molecule has 0 saturated heterocycles. The van der Waals surface area contributed by atoms with Crippen LogP contribution in [0.1, 0.15) is 23.8 Å². The molecule has 0 aliphatic carbocycles. The molecule has 0 fully saturated rings. The molecule has 6 heteroatoms. The molecule has 0 aliphatic rings. The number of nitrogens with one attached hydrogen (secondary N) is 1. The lowest BCUT2D eigenvalue weighted by Gasteiger charge is -2.12. The van der Waals surface area contributed by atoms with Crippen molar-refractivity contribution in [2.24, 2.45) is 0 Å².